The number of hydrogen-bond acceptors (Lipinski definition) is 4. The topological polar surface area (TPSA) is 63.7 Å². The fourth-order valence-electron chi connectivity index (χ4n) is 0.815. The van der Waals surface area contributed by atoms with Gasteiger partial charge in [0, 0.05) is 28.8 Å². The number of carbonyl (C=O) groups is 3. The van der Waals surface area contributed by atoms with E-state index in [2.05, 4.69) is 4.84 Å². The fourth-order valence-corrected chi connectivity index (χ4v) is 0.815. The maximum atomic E-state index is 11.6. The van der Waals surface area contributed by atoms with Crippen LogP contribution in [0.5, 0.6) is 0 Å². The van der Waals surface area contributed by atoms with Gasteiger partial charge in [0.25, 0.3) is 11.8 Å². The summed E-state index contributed by atoms with van der Waals surface area (Å²) in [6.07, 6.45) is -7.56. The van der Waals surface area contributed by atoms with Gasteiger partial charge in [-0.3, -0.25) is 9.59 Å². The Labute approximate surface area is 85.4 Å². The van der Waals surface area contributed by atoms with Crippen LogP contribution in [0.4, 0.5) is 0 Å². The molecule has 1 heterocycles. The number of hydroxylamine groups is 2. The predicted octanol–water partition coefficient (Wildman–Crippen LogP) is 0.394. The van der Waals surface area contributed by atoms with Crippen molar-refractivity contribution in [3.05, 3.63) is 0 Å². The molecular weight excluding hydrogens is 174 g/mol. The first-order valence-electron chi connectivity index (χ1n) is 6.90. The molecule has 1 saturated heterocycles. The summed E-state index contributed by atoms with van der Waals surface area (Å²) in [6.45, 7) is -3.44. The normalized spacial score (nSPS) is 27.7. The van der Waals surface area contributed by atoms with Gasteiger partial charge in [-0.15, -0.1) is 5.06 Å². The lowest BCUT2D eigenvalue weighted by atomic mass is 10.3. The van der Waals surface area contributed by atoms with Crippen LogP contribution < -0.4 is 0 Å². The van der Waals surface area contributed by atoms with E-state index in [0.717, 1.165) is 0 Å². The summed E-state index contributed by atoms with van der Waals surface area (Å²) < 4.78 is 49.8. The zero-order valence-corrected chi connectivity index (χ0v) is 6.49. The van der Waals surface area contributed by atoms with E-state index in [1.807, 2.05) is 0 Å². The van der Waals surface area contributed by atoms with Crippen molar-refractivity contribution in [1.82, 2.24) is 5.06 Å². The summed E-state index contributed by atoms with van der Waals surface area (Å²) in [7, 11) is 0. The van der Waals surface area contributed by atoms with Gasteiger partial charge in [0.1, 0.15) is 0 Å². The van der Waals surface area contributed by atoms with Gasteiger partial charge in [-0.2, -0.15) is 0 Å². The molecule has 0 atom stereocenters. The minimum Gasteiger partial charge on any atom is -0.330 e. The lowest BCUT2D eigenvalue weighted by Crippen LogP contribution is -2.31. The Morgan fingerprint density at radius 3 is 2.77 bits per heavy atom. The van der Waals surface area contributed by atoms with E-state index in [0.29, 0.717) is 0 Å². The maximum absolute atomic E-state index is 11.6. The fraction of sp³-hybridized carbons (Fsp3) is 0.625. The van der Waals surface area contributed by atoms with Crippen LogP contribution in [0.3, 0.4) is 0 Å². The molecule has 1 fully saturated rings. The smallest absolute Gasteiger partial charge is 0.330 e. The van der Waals surface area contributed by atoms with Gasteiger partial charge in [0.2, 0.25) is 0 Å². The minimum atomic E-state index is -3.57. The largest absolute Gasteiger partial charge is 0.333 e. The number of amides is 2. The summed E-state index contributed by atoms with van der Waals surface area (Å²) in [5.41, 5.74) is 0. The average Bonchev–Trinajstić information content (AvgIpc) is 2.58. The van der Waals surface area contributed by atoms with Gasteiger partial charge in [0.05, 0.1) is 0 Å². The van der Waals surface area contributed by atoms with Crippen molar-refractivity contribution < 1.29 is 28.8 Å². The minimum absolute atomic E-state index is 0.0236. The molecule has 2 amide bonds. The summed E-state index contributed by atoms with van der Waals surface area (Å²) in [6, 6.07) is 0. The lowest BCUT2D eigenvalue weighted by Gasteiger charge is -2.11. The van der Waals surface area contributed by atoms with Gasteiger partial charge >= 0.3 is 5.97 Å². The monoisotopic (exact) mass is 192 g/mol. The van der Waals surface area contributed by atoms with Gasteiger partial charge in [-0.05, 0) is 6.37 Å². The number of imide groups is 1. The van der Waals surface area contributed by atoms with Crippen LogP contribution in [0.25, 0.3) is 0 Å². The molecule has 72 valence electrons. The number of rotatable bonds is 3. The Balaban J connectivity index is 2.96. The standard InChI is InChI=1S/C8H11NO4/c1-2-3-8(12)13-9-6(10)4-5-7(9)11/h2-5H2,1H3/i1D3,2D2,3D2. The maximum Gasteiger partial charge on any atom is 0.333 e. The van der Waals surface area contributed by atoms with Crippen molar-refractivity contribution in [3.63, 3.8) is 0 Å². The van der Waals surface area contributed by atoms with Gasteiger partial charge in [0.15, 0.2) is 0 Å². The molecule has 0 aromatic heterocycles. The van der Waals surface area contributed by atoms with Crippen LogP contribution in [-0.2, 0) is 19.2 Å². The third kappa shape index (κ3) is 2.27. The van der Waals surface area contributed by atoms with Gasteiger partial charge in [-0.1, -0.05) is 6.85 Å². The number of hydrogen-bond donors (Lipinski definition) is 0. The molecular formula is C8H11NO4. The summed E-state index contributed by atoms with van der Waals surface area (Å²) in [5.74, 6) is -3.72. The molecule has 1 aliphatic heterocycles. The van der Waals surface area contributed by atoms with Crippen LogP contribution in [0.2, 0.25) is 0 Å². The summed E-state index contributed by atoms with van der Waals surface area (Å²) in [4.78, 5) is 38.2. The molecule has 1 aliphatic rings. The molecule has 0 aromatic rings. The van der Waals surface area contributed by atoms with Crippen molar-refractivity contribution >= 4 is 17.8 Å². The second-order valence-electron chi connectivity index (χ2n) is 2.21. The average molecular weight is 192 g/mol. The Morgan fingerprint density at radius 1 is 1.62 bits per heavy atom. The van der Waals surface area contributed by atoms with Crippen molar-refractivity contribution in [2.75, 3.05) is 0 Å². The molecule has 5 nitrogen and oxygen atoms in total. The first kappa shape index (κ1) is 3.77. The first-order chi connectivity index (χ1) is 8.82. The van der Waals surface area contributed by atoms with E-state index in [9.17, 15) is 14.4 Å². The molecule has 0 spiro atoms. The summed E-state index contributed by atoms with van der Waals surface area (Å²) >= 11 is 0. The van der Waals surface area contributed by atoms with E-state index in [1.54, 1.807) is 0 Å². The highest BCUT2D eigenvalue weighted by Gasteiger charge is 2.32. The van der Waals surface area contributed by atoms with Crippen molar-refractivity contribution in [1.29, 1.82) is 0 Å². The molecule has 0 unspecified atom stereocenters. The highest BCUT2D eigenvalue weighted by molar-refractivity contribution is 6.01. The van der Waals surface area contributed by atoms with E-state index in [1.165, 1.54) is 0 Å². The van der Waals surface area contributed by atoms with Crippen LogP contribution in [-0.4, -0.2) is 22.8 Å². The predicted molar refractivity (Wildman–Crippen MR) is 42.1 cm³/mol. The number of carbonyl (C=O) groups excluding carboxylic acids is 3. The molecule has 5 heteroatoms. The number of nitrogens with zero attached hydrogens (tertiary/aromatic N) is 1. The van der Waals surface area contributed by atoms with E-state index in [4.69, 9.17) is 9.60 Å². The molecule has 0 N–H and O–H groups in total. The highest BCUT2D eigenvalue weighted by atomic mass is 16.7. The van der Waals surface area contributed by atoms with Crippen molar-refractivity contribution in [3.8, 4) is 0 Å². The summed E-state index contributed by atoms with van der Waals surface area (Å²) in [5, 5.41) is 0.0236. The first-order valence-corrected chi connectivity index (χ1v) is 3.40. The Hall–Kier alpha value is -1.39. The van der Waals surface area contributed by atoms with Gasteiger partial charge < -0.3 is 4.84 Å². The zero-order valence-electron chi connectivity index (χ0n) is 13.5. The molecule has 0 bridgehead atoms. The molecule has 13 heavy (non-hydrogen) atoms. The third-order valence-electron chi connectivity index (χ3n) is 1.34. The van der Waals surface area contributed by atoms with Crippen molar-refractivity contribution in [2.45, 2.75) is 32.4 Å². The molecule has 0 radical (unpaired) electrons. The van der Waals surface area contributed by atoms with Crippen LogP contribution in [0, 0.1) is 0 Å². The Kier molecular flexibility index (Phi) is 1.17. The highest BCUT2D eigenvalue weighted by Crippen LogP contribution is 2.12. The van der Waals surface area contributed by atoms with Crippen LogP contribution in [0.1, 0.15) is 42.0 Å². The Bertz CT molecular complexity index is 442. The SMILES string of the molecule is [2H]C([2H])([2H])C([2H])([2H])C([2H])([2H])C(=O)ON1C(=O)CCC1=O. The molecule has 0 aromatic carbocycles. The lowest BCUT2D eigenvalue weighted by molar-refractivity contribution is -0.197. The molecule has 0 saturated carbocycles. The molecule has 1 rings (SSSR count). The van der Waals surface area contributed by atoms with Crippen molar-refractivity contribution in [2.24, 2.45) is 0 Å². The molecule has 0 aliphatic carbocycles. The van der Waals surface area contributed by atoms with E-state index in [-0.39, 0.29) is 17.9 Å². The van der Waals surface area contributed by atoms with Gasteiger partial charge in [-0.25, -0.2) is 4.79 Å². The second-order valence-corrected chi connectivity index (χ2v) is 2.21. The zero-order chi connectivity index (χ0) is 15.9. The quantitative estimate of drug-likeness (QED) is 0.607. The Morgan fingerprint density at radius 2 is 2.23 bits per heavy atom. The van der Waals surface area contributed by atoms with E-state index < -0.39 is 37.4 Å². The second kappa shape index (κ2) is 4.02. The third-order valence-corrected chi connectivity index (χ3v) is 1.34. The van der Waals surface area contributed by atoms with Crippen LogP contribution in [0.15, 0.2) is 0 Å². The van der Waals surface area contributed by atoms with E-state index >= 15 is 0 Å². The van der Waals surface area contributed by atoms with Crippen LogP contribution >= 0.6 is 0 Å².